The number of para-hydroxylation sites is 2. The van der Waals surface area contributed by atoms with Gasteiger partial charge in [-0.2, -0.15) is 0 Å². The van der Waals surface area contributed by atoms with Crippen LogP contribution in [0.15, 0.2) is 54.6 Å². The van der Waals surface area contributed by atoms with E-state index in [0.717, 1.165) is 36.7 Å². The second kappa shape index (κ2) is 9.48. The Kier molecular flexibility index (Phi) is 6.39. The lowest BCUT2D eigenvalue weighted by Crippen LogP contribution is -2.65. The van der Waals surface area contributed by atoms with Crippen LogP contribution < -0.4 is 5.32 Å². The highest BCUT2D eigenvalue weighted by Crippen LogP contribution is 2.33. The first kappa shape index (κ1) is 23.6. The summed E-state index contributed by atoms with van der Waals surface area (Å²) in [6, 6.07) is 18.2. The molecule has 1 saturated carbocycles. The van der Waals surface area contributed by atoms with Crippen LogP contribution in [-0.4, -0.2) is 44.4 Å². The molecule has 6 nitrogen and oxygen atoms in total. The minimum absolute atomic E-state index is 0.0556. The predicted octanol–water partition coefficient (Wildman–Crippen LogP) is 4.82. The number of aromatic nitrogens is 2. The number of amides is 2. The maximum atomic E-state index is 14.0. The van der Waals surface area contributed by atoms with Crippen molar-refractivity contribution in [3.05, 3.63) is 66.0 Å². The van der Waals surface area contributed by atoms with Gasteiger partial charge >= 0.3 is 0 Å². The summed E-state index contributed by atoms with van der Waals surface area (Å²) in [4.78, 5) is 34.2. The molecule has 6 heteroatoms. The molecule has 2 amide bonds. The molecule has 0 saturated heterocycles. The van der Waals surface area contributed by atoms with Crippen molar-refractivity contribution in [3.8, 4) is 0 Å². The normalized spacial score (nSPS) is 26.5. The number of nitrogens with one attached hydrogen (secondary N) is 1. The predicted molar refractivity (Wildman–Crippen MR) is 138 cm³/mol. The van der Waals surface area contributed by atoms with Gasteiger partial charge in [0.15, 0.2) is 5.82 Å². The summed E-state index contributed by atoms with van der Waals surface area (Å²) in [5.41, 5.74) is 1.95. The van der Waals surface area contributed by atoms with E-state index in [1.54, 1.807) is 4.90 Å². The van der Waals surface area contributed by atoms with Crippen LogP contribution in [0.25, 0.3) is 11.0 Å². The van der Waals surface area contributed by atoms with Crippen LogP contribution in [-0.2, 0) is 17.8 Å². The van der Waals surface area contributed by atoms with Crippen LogP contribution in [0.3, 0.4) is 0 Å². The summed E-state index contributed by atoms with van der Waals surface area (Å²) < 4.78 is 1.94. The lowest BCUT2D eigenvalue weighted by Gasteiger charge is -2.45. The van der Waals surface area contributed by atoms with Gasteiger partial charge < -0.3 is 14.8 Å². The first-order valence-corrected chi connectivity index (χ1v) is 13.0. The van der Waals surface area contributed by atoms with Gasteiger partial charge in [0.2, 0.25) is 5.91 Å². The molecular formula is C29H36N4O2. The number of hydrogen-bond acceptors (Lipinski definition) is 3. The summed E-state index contributed by atoms with van der Waals surface area (Å²) in [5, 5.41) is 3.37. The van der Waals surface area contributed by atoms with E-state index >= 15 is 0 Å². The molecule has 5 rings (SSSR count). The molecule has 1 aromatic heterocycles. The lowest BCUT2D eigenvalue weighted by molar-refractivity contribution is -0.134. The highest BCUT2D eigenvalue weighted by molar-refractivity contribution is 6.01. The van der Waals surface area contributed by atoms with E-state index in [1.807, 2.05) is 54.0 Å². The van der Waals surface area contributed by atoms with Gasteiger partial charge in [-0.05, 0) is 55.7 Å². The van der Waals surface area contributed by atoms with E-state index in [4.69, 9.17) is 0 Å². The van der Waals surface area contributed by atoms with Crippen molar-refractivity contribution in [1.29, 1.82) is 0 Å². The van der Waals surface area contributed by atoms with Crippen molar-refractivity contribution in [3.63, 3.8) is 0 Å². The Balaban J connectivity index is 1.45. The van der Waals surface area contributed by atoms with Crippen molar-refractivity contribution >= 4 is 22.8 Å². The molecule has 1 aliphatic carbocycles. The Labute approximate surface area is 207 Å². The number of benzene rings is 2. The molecule has 2 aliphatic rings. The number of imidazole rings is 1. The molecule has 184 valence electrons. The number of fused-ring (bicyclic) bond motifs is 3. The molecule has 35 heavy (non-hydrogen) atoms. The van der Waals surface area contributed by atoms with Crippen LogP contribution in [0.4, 0.5) is 0 Å². The fourth-order valence-corrected chi connectivity index (χ4v) is 5.88. The number of rotatable bonds is 6. The van der Waals surface area contributed by atoms with Crippen molar-refractivity contribution in [2.75, 3.05) is 6.54 Å². The number of carbonyl (C=O) groups is 2. The maximum absolute atomic E-state index is 14.0. The molecular weight excluding hydrogens is 436 g/mol. The topological polar surface area (TPSA) is 67.2 Å². The van der Waals surface area contributed by atoms with Gasteiger partial charge in [0.1, 0.15) is 5.54 Å². The number of hydrogen-bond donors (Lipinski definition) is 1. The summed E-state index contributed by atoms with van der Waals surface area (Å²) in [6.07, 6.45) is 4.97. The average molecular weight is 473 g/mol. The molecule has 2 aromatic carbocycles. The van der Waals surface area contributed by atoms with Crippen molar-refractivity contribution in [2.24, 2.45) is 11.8 Å². The first-order chi connectivity index (χ1) is 16.9. The van der Waals surface area contributed by atoms with Crippen LogP contribution in [0, 0.1) is 11.8 Å². The van der Waals surface area contributed by atoms with Gasteiger partial charge in [0.25, 0.3) is 5.91 Å². The van der Waals surface area contributed by atoms with Gasteiger partial charge in [0.05, 0.1) is 17.6 Å². The summed E-state index contributed by atoms with van der Waals surface area (Å²) >= 11 is 0. The quantitative estimate of drug-likeness (QED) is 0.559. The van der Waals surface area contributed by atoms with E-state index in [0.29, 0.717) is 30.7 Å². The Morgan fingerprint density at radius 3 is 2.63 bits per heavy atom. The van der Waals surface area contributed by atoms with Crippen LogP contribution in [0.5, 0.6) is 0 Å². The van der Waals surface area contributed by atoms with E-state index in [2.05, 4.69) is 36.3 Å². The highest BCUT2D eigenvalue weighted by atomic mass is 16.2. The van der Waals surface area contributed by atoms with Crippen molar-refractivity contribution in [2.45, 2.75) is 71.0 Å². The van der Waals surface area contributed by atoms with Crippen LogP contribution in [0.1, 0.15) is 62.6 Å². The third-order valence-electron chi connectivity index (χ3n) is 8.36. The maximum Gasteiger partial charge on any atom is 0.290 e. The second-order valence-corrected chi connectivity index (χ2v) is 10.7. The second-order valence-electron chi connectivity index (χ2n) is 10.7. The Hall–Kier alpha value is -3.15. The van der Waals surface area contributed by atoms with Gasteiger partial charge in [0, 0.05) is 12.6 Å². The fraction of sp³-hybridized carbons (Fsp3) is 0.483. The fourth-order valence-electron chi connectivity index (χ4n) is 5.88. The summed E-state index contributed by atoms with van der Waals surface area (Å²) in [5.74, 6) is 1.21. The average Bonchev–Trinajstić information content (AvgIpc) is 3.23. The van der Waals surface area contributed by atoms with E-state index in [9.17, 15) is 9.59 Å². The summed E-state index contributed by atoms with van der Waals surface area (Å²) in [6.45, 7) is 7.36. The Morgan fingerprint density at radius 1 is 1.09 bits per heavy atom. The largest absolute Gasteiger partial charge is 0.351 e. The smallest absolute Gasteiger partial charge is 0.290 e. The number of aryl methyl sites for hydroxylation is 1. The van der Waals surface area contributed by atoms with E-state index in [1.165, 1.54) is 12.0 Å². The number of nitrogens with zero attached hydrogens (tertiary/aromatic N) is 3. The van der Waals surface area contributed by atoms with Crippen molar-refractivity contribution < 1.29 is 9.59 Å². The molecule has 1 fully saturated rings. The molecule has 1 N–H and O–H groups in total. The van der Waals surface area contributed by atoms with Gasteiger partial charge in [-0.1, -0.05) is 69.2 Å². The molecule has 0 spiro atoms. The minimum atomic E-state index is -0.982. The van der Waals surface area contributed by atoms with Gasteiger partial charge in [-0.3, -0.25) is 9.59 Å². The Bertz CT molecular complexity index is 1220. The zero-order chi connectivity index (χ0) is 24.6. The van der Waals surface area contributed by atoms with Crippen molar-refractivity contribution in [1.82, 2.24) is 19.8 Å². The van der Waals surface area contributed by atoms with Crippen LogP contribution in [0.2, 0.25) is 0 Å². The SMILES string of the molecule is C[C@H]1[C@H](C)CCC[C@@H]1NC(=O)[C@@]1(C)Cn2c(nc3ccccc32)C(=O)N1CCCc1ccccc1. The monoisotopic (exact) mass is 472 g/mol. The first-order valence-electron chi connectivity index (χ1n) is 13.0. The van der Waals surface area contributed by atoms with Crippen LogP contribution >= 0.6 is 0 Å². The van der Waals surface area contributed by atoms with Gasteiger partial charge in [-0.15, -0.1) is 0 Å². The zero-order valence-corrected chi connectivity index (χ0v) is 21.0. The number of carbonyl (C=O) groups excluding carboxylic acids is 2. The lowest BCUT2D eigenvalue weighted by atomic mass is 9.77. The third-order valence-corrected chi connectivity index (χ3v) is 8.36. The zero-order valence-electron chi connectivity index (χ0n) is 21.0. The highest BCUT2D eigenvalue weighted by Gasteiger charge is 2.49. The Morgan fingerprint density at radius 2 is 1.83 bits per heavy atom. The molecule has 2 heterocycles. The van der Waals surface area contributed by atoms with E-state index in [-0.39, 0.29) is 17.9 Å². The molecule has 0 radical (unpaired) electrons. The molecule has 3 aromatic rings. The molecule has 4 atom stereocenters. The molecule has 0 bridgehead atoms. The third kappa shape index (κ3) is 4.35. The van der Waals surface area contributed by atoms with Gasteiger partial charge in [-0.25, -0.2) is 4.98 Å². The standard InChI is InChI=1S/C29H36N4O2/c1-20-11-9-16-23(21(20)2)31-28(35)29(3)19-32-25-17-8-7-15-24(25)30-26(32)27(34)33(29)18-10-14-22-12-5-4-6-13-22/h4-8,12-13,15,17,20-21,23H,9-11,14,16,18-19H2,1-3H3,(H,31,35)/t20-,21+,23+,29-/m1/s1. The van der Waals surface area contributed by atoms with E-state index < -0.39 is 5.54 Å². The molecule has 0 unspecified atom stereocenters. The minimum Gasteiger partial charge on any atom is -0.351 e. The molecule has 1 aliphatic heterocycles. The summed E-state index contributed by atoms with van der Waals surface area (Å²) in [7, 11) is 0.